The lowest BCUT2D eigenvalue weighted by Gasteiger charge is -2.30. The number of hydrogen-bond acceptors (Lipinski definition) is 4. The lowest BCUT2D eigenvalue weighted by Crippen LogP contribution is -2.36. The minimum absolute atomic E-state index is 0.0148. The zero-order chi connectivity index (χ0) is 23.4. The summed E-state index contributed by atoms with van der Waals surface area (Å²) in [4.78, 5) is 39.9. The van der Waals surface area contributed by atoms with E-state index in [-0.39, 0.29) is 24.1 Å². The fraction of sp³-hybridized carbons (Fsp3) is 0.458. The second kappa shape index (κ2) is 10.2. The summed E-state index contributed by atoms with van der Waals surface area (Å²) in [5.41, 5.74) is 4.86. The standard InChI is InChI=1S/C24H31N3O4S/c1-5-18(16-6-8-17(9-7-16)27-24(30)31)21-15(4)20(12-32-21)22(28)25-11-19-13(2)10-14(3)26-23(19)29/h5,10,12,16-17,27H,6-9,11H2,1-4H3,(H,25,28)(H,26,29)(H,30,31). The largest absolute Gasteiger partial charge is 0.465 e. The zero-order valence-electron chi connectivity index (χ0n) is 19.0. The molecule has 2 aromatic rings. The van der Waals surface area contributed by atoms with Crippen molar-refractivity contribution in [2.24, 2.45) is 5.92 Å². The predicted octanol–water partition coefficient (Wildman–Crippen LogP) is 4.52. The minimum Gasteiger partial charge on any atom is -0.465 e. The number of aromatic amines is 1. The summed E-state index contributed by atoms with van der Waals surface area (Å²) >= 11 is 1.57. The summed E-state index contributed by atoms with van der Waals surface area (Å²) in [6.45, 7) is 7.87. The maximum absolute atomic E-state index is 12.9. The fourth-order valence-corrected chi connectivity index (χ4v) is 5.79. The highest BCUT2D eigenvalue weighted by molar-refractivity contribution is 7.11. The van der Waals surface area contributed by atoms with Gasteiger partial charge in [-0.15, -0.1) is 11.3 Å². The van der Waals surface area contributed by atoms with Crippen LogP contribution in [0.5, 0.6) is 0 Å². The van der Waals surface area contributed by atoms with Crippen LogP contribution in [0.3, 0.4) is 0 Å². The van der Waals surface area contributed by atoms with E-state index < -0.39 is 6.09 Å². The van der Waals surface area contributed by atoms with Gasteiger partial charge in [0.25, 0.3) is 11.5 Å². The average molecular weight is 458 g/mol. The Morgan fingerprint density at radius 1 is 1.22 bits per heavy atom. The van der Waals surface area contributed by atoms with Crippen LogP contribution < -0.4 is 16.2 Å². The maximum Gasteiger partial charge on any atom is 0.404 e. The molecule has 1 aliphatic carbocycles. The zero-order valence-corrected chi connectivity index (χ0v) is 19.8. The molecular formula is C24H31N3O4S. The van der Waals surface area contributed by atoms with Crippen LogP contribution in [0.2, 0.25) is 0 Å². The normalized spacial score (nSPS) is 18.9. The van der Waals surface area contributed by atoms with E-state index in [0.717, 1.165) is 47.4 Å². The molecule has 2 amide bonds. The molecular weight excluding hydrogens is 426 g/mol. The first-order valence-electron chi connectivity index (χ1n) is 10.9. The summed E-state index contributed by atoms with van der Waals surface area (Å²) in [7, 11) is 0. The molecule has 7 nitrogen and oxygen atoms in total. The van der Waals surface area contributed by atoms with E-state index >= 15 is 0 Å². The lowest BCUT2D eigenvalue weighted by atomic mass is 9.80. The Bertz CT molecular complexity index is 1090. The highest BCUT2D eigenvalue weighted by atomic mass is 32.1. The molecule has 1 fully saturated rings. The van der Waals surface area contributed by atoms with Crippen molar-refractivity contribution < 1.29 is 14.7 Å². The third kappa shape index (κ3) is 5.30. The summed E-state index contributed by atoms with van der Waals surface area (Å²) in [5.74, 6) is 0.170. The average Bonchev–Trinajstić information content (AvgIpc) is 3.10. The van der Waals surface area contributed by atoms with Crippen molar-refractivity contribution in [1.29, 1.82) is 0 Å². The second-order valence-corrected chi connectivity index (χ2v) is 9.35. The number of pyridine rings is 1. The molecule has 2 aromatic heterocycles. The van der Waals surface area contributed by atoms with Gasteiger partial charge in [-0.1, -0.05) is 6.08 Å². The van der Waals surface area contributed by atoms with Gasteiger partial charge in [-0.2, -0.15) is 0 Å². The summed E-state index contributed by atoms with van der Waals surface area (Å²) in [5, 5.41) is 16.3. The first-order chi connectivity index (χ1) is 15.2. The molecule has 0 saturated heterocycles. The van der Waals surface area contributed by atoms with Crippen LogP contribution in [0, 0.1) is 26.7 Å². The van der Waals surface area contributed by atoms with Gasteiger partial charge in [-0.25, -0.2) is 4.79 Å². The van der Waals surface area contributed by atoms with Crippen molar-refractivity contribution in [3.8, 4) is 0 Å². The number of carbonyl (C=O) groups excluding carboxylic acids is 1. The Kier molecular flexibility index (Phi) is 7.56. The van der Waals surface area contributed by atoms with E-state index in [1.165, 1.54) is 5.57 Å². The van der Waals surface area contributed by atoms with Gasteiger partial charge < -0.3 is 20.7 Å². The molecule has 8 heteroatoms. The molecule has 1 aliphatic rings. The third-order valence-electron chi connectivity index (χ3n) is 6.27. The fourth-order valence-electron chi connectivity index (χ4n) is 4.57. The van der Waals surface area contributed by atoms with Gasteiger partial charge in [0, 0.05) is 34.1 Å². The molecule has 1 saturated carbocycles. The Morgan fingerprint density at radius 2 is 1.91 bits per heavy atom. The topological polar surface area (TPSA) is 111 Å². The van der Waals surface area contributed by atoms with E-state index in [1.807, 2.05) is 39.1 Å². The summed E-state index contributed by atoms with van der Waals surface area (Å²) in [6.07, 6.45) is 4.61. The molecule has 0 spiro atoms. The Hall–Kier alpha value is -2.87. The molecule has 32 heavy (non-hydrogen) atoms. The molecule has 0 bridgehead atoms. The summed E-state index contributed by atoms with van der Waals surface area (Å²) in [6, 6.07) is 1.91. The van der Waals surface area contributed by atoms with Crippen molar-refractivity contribution in [3.63, 3.8) is 0 Å². The maximum atomic E-state index is 12.9. The highest BCUT2D eigenvalue weighted by Gasteiger charge is 2.27. The van der Waals surface area contributed by atoms with Crippen molar-refractivity contribution in [2.45, 2.75) is 66.0 Å². The van der Waals surface area contributed by atoms with Crippen LogP contribution in [-0.4, -0.2) is 28.1 Å². The minimum atomic E-state index is -0.965. The van der Waals surface area contributed by atoms with Crippen LogP contribution in [0.1, 0.15) is 70.2 Å². The van der Waals surface area contributed by atoms with Crippen LogP contribution in [0.25, 0.3) is 5.57 Å². The van der Waals surface area contributed by atoms with E-state index in [2.05, 4.69) is 21.7 Å². The van der Waals surface area contributed by atoms with Gasteiger partial charge in [-0.3, -0.25) is 9.59 Å². The smallest absolute Gasteiger partial charge is 0.404 e. The molecule has 0 atom stereocenters. The number of hydrogen-bond donors (Lipinski definition) is 4. The molecule has 2 heterocycles. The Balaban J connectivity index is 1.69. The molecule has 0 radical (unpaired) electrons. The SMILES string of the molecule is CC=C(c1scc(C(=O)NCc2c(C)cc(C)[nH]c2=O)c1C)C1CCC(NC(=O)O)CC1. The van der Waals surface area contributed by atoms with Crippen molar-refractivity contribution in [2.75, 3.05) is 0 Å². The number of aryl methyl sites for hydroxylation is 2. The van der Waals surface area contributed by atoms with Gasteiger partial charge in [0.05, 0.1) is 5.56 Å². The summed E-state index contributed by atoms with van der Waals surface area (Å²) < 4.78 is 0. The molecule has 172 valence electrons. The van der Waals surface area contributed by atoms with Gasteiger partial charge in [0.2, 0.25) is 0 Å². The van der Waals surface area contributed by atoms with Crippen LogP contribution >= 0.6 is 11.3 Å². The Labute approximate surface area is 192 Å². The number of H-pyrrole nitrogens is 1. The number of allylic oxidation sites excluding steroid dienone is 2. The molecule has 0 unspecified atom stereocenters. The van der Waals surface area contributed by atoms with Crippen LogP contribution in [-0.2, 0) is 6.54 Å². The Morgan fingerprint density at radius 3 is 2.50 bits per heavy atom. The number of carbonyl (C=O) groups is 2. The molecule has 4 N–H and O–H groups in total. The second-order valence-electron chi connectivity index (χ2n) is 8.47. The first-order valence-corrected chi connectivity index (χ1v) is 11.8. The van der Waals surface area contributed by atoms with E-state index in [1.54, 1.807) is 11.3 Å². The first kappa shape index (κ1) is 23.8. The number of nitrogens with one attached hydrogen (secondary N) is 3. The van der Waals surface area contributed by atoms with Gasteiger partial charge in [-0.05, 0) is 82.1 Å². The van der Waals surface area contributed by atoms with Crippen LogP contribution in [0.15, 0.2) is 22.3 Å². The number of carboxylic acid groups (broad SMARTS) is 1. The van der Waals surface area contributed by atoms with Crippen LogP contribution in [0.4, 0.5) is 4.79 Å². The number of aromatic nitrogens is 1. The quantitative estimate of drug-likeness (QED) is 0.511. The van der Waals surface area contributed by atoms with Crippen molar-refractivity contribution >= 4 is 28.9 Å². The molecule has 3 rings (SSSR count). The number of amides is 2. The van der Waals surface area contributed by atoms with Gasteiger partial charge in [0.1, 0.15) is 0 Å². The molecule has 0 aromatic carbocycles. The van der Waals surface area contributed by atoms with E-state index in [4.69, 9.17) is 5.11 Å². The number of thiophene rings is 1. The van der Waals surface area contributed by atoms with Gasteiger partial charge >= 0.3 is 6.09 Å². The molecule has 0 aliphatic heterocycles. The van der Waals surface area contributed by atoms with Gasteiger partial charge in [0.15, 0.2) is 0 Å². The highest BCUT2D eigenvalue weighted by Crippen LogP contribution is 2.40. The van der Waals surface area contributed by atoms with Crippen molar-refractivity contribution in [1.82, 2.24) is 15.6 Å². The monoisotopic (exact) mass is 457 g/mol. The predicted molar refractivity (Wildman–Crippen MR) is 127 cm³/mol. The van der Waals surface area contributed by atoms with Crippen molar-refractivity contribution in [3.05, 3.63) is 60.7 Å². The number of rotatable bonds is 6. The third-order valence-corrected chi connectivity index (χ3v) is 7.40. The van der Waals surface area contributed by atoms with E-state index in [9.17, 15) is 14.4 Å². The lowest BCUT2D eigenvalue weighted by molar-refractivity contribution is 0.0950. The van der Waals surface area contributed by atoms with E-state index in [0.29, 0.717) is 17.0 Å².